The first-order valence-corrected chi connectivity index (χ1v) is 5.97. The Hall–Kier alpha value is -1.25. The van der Waals surface area contributed by atoms with Gasteiger partial charge in [-0.15, -0.1) is 0 Å². The molecule has 0 spiro atoms. The fourth-order valence-corrected chi connectivity index (χ4v) is 2.23. The van der Waals surface area contributed by atoms with Gasteiger partial charge in [-0.2, -0.15) is 0 Å². The van der Waals surface area contributed by atoms with Gasteiger partial charge in [-0.3, -0.25) is 0 Å². The molecule has 2 aromatic carbocycles. The zero-order chi connectivity index (χ0) is 12.3. The van der Waals surface area contributed by atoms with E-state index >= 15 is 0 Å². The van der Waals surface area contributed by atoms with Gasteiger partial charge in [0.15, 0.2) is 6.79 Å². The summed E-state index contributed by atoms with van der Waals surface area (Å²) in [4.78, 5) is 0. The highest BCUT2D eigenvalue weighted by molar-refractivity contribution is 6.35. The largest absolute Gasteiger partial charge is 0.468 e. The van der Waals surface area contributed by atoms with Crippen molar-refractivity contribution >= 4 is 22.4 Å². The van der Waals surface area contributed by atoms with Crippen LogP contribution in [0, 0.1) is 0 Å². The van der Waals surface area contributed by atoms with Crippen LogP contribution in [0.5, 0.6) is 5.75 Å². The van der Waals surface area contributed by atoms with Crippen molar-refractivity contribution < 1.29 is 9.47 Å². The number of fused-ring (bicyclic) bond motifs is 1. The Morgan fingerprint density at radius 2 is 2.06 bits per heavy atom. The molecule has 0 saturated heterocycles. The van der Waals surface area contributed by atoms with Gasteiger partial charge in [0.1, 0.15) is 5.75 Å². The third-order valence-electron chi connectivity index (χ3n) is 2.71. The Bertz CT molecular complexity index is 523. The molecular weight excluding hydrogens is 236 g/mol. The standard InChI is InChI=1S/C14H15ClO2/c1-3-10-7-12(17-9-16-2)8-11-5-4-6-13(15)14(10)11/h4-8H,3,9H2,1-2H3. The lowest BCUT2D eigenvalue weighted by molar-refractivity contribution is 0.0512. The molecule has 0 saturated carbocycles. The molecule has 2 nitrogen and oxygen atoms in total. The minimum absolute atomic E-state index is 0.259. The normalized spacial score (nSPS) is 10.8. The van der Waals surface area contributed by atoms with Crippen molar-refractivity contribution in [3.8, 4) is 5.75 Å². The van der Waals surface area contributed by atoms with Gasteiger partial charge in [0.25, 0.3) is 0 Å². The maximum atomic E-state index is 6.23. The average Bonchev–Trinajstić information content (AvgIpc) is 2.35. The van der Waals surface area contributed by atoms with Crippen LogP contribution in [0.15, 0.2) is 30.3 Å². The van der Waals surface area contributed by atoms with E-state index in [1.54, 1.807) is 7.11 Å². The third kappa shape index (κ3) is 2.54. The van der Waals surface area contributed by atoms with Crippen LogP contribution >= 0.6 is 11.6 Å². The van der Waals surface area contributed by atoms with Crippen LogP contribution in [-0.4, -0.2) is 13.9 Å². The van der Waals surface area contributed by atoms with E-state index in [1.807, 2.05) is 30.3 Å². The highest BCUT2D eigenvalue weighted by Crippen LogP contribution is 2.31. The number of rotatable bonds is 4. The summed E-state index contributed by atoms with van der Waals surface area (Å²) in [6.07, 6.45) is 0.921. The Morgan fingerprint density at radius 3 is 2.76 bits per heavy atom. The predicted octanol–water partition coefficient (Wildman–Crippen LogP) is 4.04. The van der Waals surface area contributed by atoms with Gasteiger partial charge in [-0.05, 0) is 35.6 Å². The van der Waals surface area contributed by atoms with Gasteiger partial charge in [0.2, 0.25) is 0 Å². The summed E-state index contributed by atoms with van der Waals surface area (Å²) in [5, 5.41) is 3.00. The summed E-state index contributed by atoms with van der Waals surface area (Å²) in [5.74, 6) is 0.818. The predicted molar refractivity (Wildman–Crippen MR) is 70.8 cm³/mol. The summed E-state index contributed by atoms with van der Waals surface area (Å²) < 4.78 is 10.4. The summed E-state index contributed by atoms with van der Waals surface area (Å²) >= 11 is 6.23. The number of ether oxygens (including phenoxy) is 2. The van der Waals surface area contributed by atoms with Gasteiger partial charge in [-0.25, -0.2) is 0 Å². The Balaban J connectivity index is 2.54. The van der Waals surface area contributed by atoms with Crippen molar-refractivity contribution in [1.29, 1.82) is 0 Å². The minimum Gasteiger partial charge on any atom is -0.468 e. The topological polar surface area (TPSA) is 18.5 Å². The van der Waals surface area contributed by atoms with Crippen LogP contribution in [0.2, 0.25) is 5.02 Å². The van der Waals surface area contributed by atoms with Crippen molar-refractivity contribution in [3.63, 3.8) is 0 Å². The molecule has 0 aliphatic rings. The Kier molecular flexibility index (Phi) is 3.87. The molecule has 0 amide bonds. The lowest BCUT2D eigenvalue weighted by Crippen LogP contribution is -1.99. The molecule has 2 aromatic rings. The van der Waals surface area contributed by atoms with Gasteiger partial charge in [0.05, 0.1) is 0 Å². The van der Waals surface area contributed by atoms with E-state index in [0.717, 1.165) is 28.0 Å². The summed E-state index contributed by atoms with van der Waals surface area (Å²) in [7, 11) is 1.61. The first kappa shape index (κ1) is 12.2. The second-order valence-electron chi connectivity index (χ2n) is 3.82. The van der Waals surface area contributed by atoms with Crippen molar-refractivity contribution in [2.75, 3.05) is 13.9 Å². The number of benzene rings is 2. The minimum atomic E-state index is 0.259. The molecule has 0 bridgehead atoms. The molecule has 0 radical (unpaired) electrons. The molecule has 0 aliphatic heterocycles. The number of hydrogen-bond acceptors (Lipinski definition) is 2. The van der Waals surface area contributed by atoms with Crippen LogP contribution in [0.3, 0.4) is 0 Å². The molecule has 0 unspecified atom stereocenters. The van der Waals surface area contributed by atoms with Gasteiger partial charge in [-0.1, -0.05) is 30.7 Å². The van der Waals surface area contributed by atoms with Gasteiger partial charge in [0, 0.05) is 17.5 Å². The summed E-state index contributed by atoms with van der Waals surface area (Å²) in [5.41, 5.74) is 1.19. The fraction of sp³-hybridized carbons (Fsp3) is 0.286. The average molecular weight is 251 g/mol. The van der Waals surface area contributed by atoms with E-state index in [-0.39, 0.29) is 6.79 Å². The first-order chi connectivity index (χ1) is 8.26. The second kappa shape index (κ2) is 5.39. The van der Waals surface area contributed by atoms with Crippen LogP contribution in [0.4, 0.5) is 0 Å². The zero-order valence-electron chi connectivity index (χ0n) is 10.00. The maximum absolute atomic E-state index is 6.23. The van der Waals surface area contributed by atoms with Gasteiger partial charge >= 0.3 is 0 Å². The van der Waals surface area contributed by atoms with Crippen LogP contribution in [0.25, 0.3) is 10.8 Å². The number of halogens is 1. The molecule has 0 aromatic heterocycles. The molecule has 90 valence electrons. The van der Waals surface area contributed by atoms with E-state index in [0.29, 0.717) is 0 Å². The second-order valence-corrected chi connectivity index (χ2v) is 4.23. The van der Waals surface area contributed by atoms with Crippen LogP contribution in [-0.2, 0) is 11.2 Å². The van der Waals surface area contributed by atoms with E-state index < -0.39 is 0 Å². The number of methoxy groups -OCH3 is 1. The van der Waals surface area contributed by atoms with E-state index in [4.69, 9.17) is 21.1 Å². The molecule has 0 heterocycles. The number of aryl methyl sites for hydroxylation is 1. The third-order valence-corrected chi connectivity index (χ3v) is 3.02. The Morgan fingerprint density at radius 1 is 1.24 bits per heavy atom. The van der Waals surface area contributed by atoms with Crippen LogP contribution in [0.1, 0.15) is 12.5 Å². The Labute approximate surface area is 106 Å². The fourth-order valence-electron chi connectivity index (χ4n) is 1.93. The molecule has 0 N–H and O–H groups in total. The van der Waals surface area contributed by atoms with Crippen molar-refractivity contribution in [1.82, 2.24) is 0 Å². The van der Waals surface area contributed by atoms with E-state index in [1.165, 1.54) is 5.56 Å². The molecule has 17 heavy (non-hydrogen) atoms. The highest BCUT2D eigenvalue weighted by Gasteiger charge is 2.06. The van der Waals surface area contributed by atoms with Crippen molar-refractivity contribution in [2.45, 2.75) is 13.3 Å². The number of hydrogen-bond donors (Lipinski definition) is 0. The molecule has 0 fully saturated rings. The molecular formula is C14H15ClO2. The van der Waals surface area contributed by atoms with Gasteiger partial charge < -0.3 is 9.47 Å². The molecule has 3 heteroatoms. The first-order valence-electron chi connectivity index (χ1n) is 5.59. The molecule has 2 rings (SSSR count). The monoisotopic (exact) mass is 250 g/mol. The lowest BCUT2D eigenvalue weighted by Gasteiger charge is -2.11. The SMILES string of the molecule is CCc1cc(OCOC)cc2cccc(Cl)c12. The lowest BCUT2D eigenvalue weighted by atomic mass is 10.0. The highest BCUT2D eigenvalue weighted by atomic mass is 35.5. The van der Waals surface area contributed by atoms with Crippen molar-refractivity contribution in [2.24, 2.45) is 0 Å². The molecule has 0 atom stereocenters. The van der Waals surface area contributed by atoms with E-state index in [9.17, 15) is 0 Å². The van der Waals surface area contributed by atoms with Crippen molar-refractivity contribution in [3.05, 3.63) is 40.9 Å². The maximum Gasteiger partial charge on any atom is 0.188 e. The van der Waals surface area contributed by atoms with Crippen LogP contribution < -0.4 is 4.74 Å². The smallest absolute Gasteiger partial charge is 0.188 e. The summed E-state index contributed by atoms with van der Waals surface area (Å²) in [6, 6.07) is 9.91. The molecule has 0 aliphatic carbocycles. The van der Waals surface area contributed by atoms with E-state index in [2.05, 4.69) is 6.92 Å². The summed E-state index contributed by atoms with van der Waals surface area (Å²) in [6.45, 7) is 2.37. The quantitative estimate of drug-likeness (QED) is 0.763. The zero-order valence-corrected chi connectivity index (χ0v) is 10.8.